The fraction of sp³-hybridized carbons (Fsp3) is 0.250. The summed E-state index contributed by atoms with van der Waals surface area (Å²) in [6.45, 7) is 3.07. The Kier molecular flexibility index (Phi) is 5.49. The van der Waals surface area contributed by atoms with Crippen molar-refractivity contribution in [3.8, 4) is 0 Å². The lowest BCUT2D eigenvalue weighted by atomic mass is 10.2. The standard InChI is InChI=1S/C20H17ClFN3O3S/c21-18-16-5-4-15(25(27)28)11-17(16)29-19(18)20(26)24-8-6-23(7-9-24)12-13-2-1-3-14(22)10-13/h1-5,10-11H,6-9,12H2. The van der Waals surface area contributed by atoms with Crippen molar-refractivity contribution in [2.45, 2.75) is 6.54 Å². The highest BCUT2D eigenvalue weighted by molar-refractivity contribution is 7.21. The quantitative estimate of drug-likeness (QED) is 0.447. The first-order chi connectivity index (χ1) is 13.9. The predicted octanol–water partition coefficient (Wildman–Crippen LogP) is 4.56. The van der Waals surface area contributed by atoms with E-state index in [9.17, 15) is 19.3 Å². The minimum absolute atomic E-state index is 0.0274. The zero-order chi connectivity index (χ0) is 20.5. The topological polar surface area (TPSA) is 66.7 Å². The van der Waals surface area contributed by atoms with Crippen LogP contribution in [0.2, 0.25) is 5.02 Å². The molecule has 0 N–H and O–H groups in total. The molecule has 2 heterocycles. The Morgan fingerprint density at radius 1 is 1.17 bits per heavy atom. The third kappa shape index (κ3) is 4.10. The Morgan fingerprint density at radius 3 is 2.62 bits per heavy atom. The number of piperazine rings is 1. The second-order valence-corrected chi connectivity index (χ2v) is 8.31. The summed E-state index contributed by atoms with van der Waals surface area (Å²) >= 11 is 7.58. The second kappa shape index (κ2) is 8.06. The number of hydrogen-bond donors (Lipinski definition) is 0. The number of nitrogens with zero attached hydrogens (tertiary/aromatic N) is 3. The van der Waals surface area contributed by atoms with Crippen LogP contribution in [0.25, 0.3) is 10.1 Å². The van der Waals surface area contributed by atoms with Gasteiger partial charge in [0, 0.05) is 54.9 Å². The van der Waals surface area contributed by atoms with Crippen LogP contribution in [0, 0.1) is 15.9 Å². The van der Waals surface area contributed by atoms with Gasteiger partial charge in [0.25, 0.3) is 11.6 Å². The first kappa shape index (κ1) is 19.8. The highest BCUT2D eigenvalue weighted by atomic mass is 35.5. The molecule has 29 heavy (non-hydrogen) atoms. The fourth-order valence-corrected chi connectivity index (χ4v) is 4.96. The van der Waals surface area contributed by atoms with Gasteiger partial charge in [-0.2, -0.15) is 0 Å². The molecule has 0 unspecified atom stereocenters. The summed E-state index contributed by atoms with van der Waals surface area (Å²) in [5.41, 5.74) is 0.874. The number of carbonyl (C=O) groups is 1. The molecule has 9 heteroatoms. The van der Waals surface area contributed by atoms with Crippen LogP contribution >= 0.6 is 22.9 Å². The highest BCUT2D eigenvalue weighted by Crippen LogP contribution is 2.38. The van der Waals surface area contributed by atoms with E-state index in [1.807, 2.05) is 6.07 Å². The van der Waals surface area contributed by atoms with E-state index in [4.69, 9.17) is 11.6 Å². The molecule has 2 aromatic carbocycles. The third-order valence-corrected chi connectivity index (χ3v) is 6.62. The molecule has 3 aromatic rings. The fourth-order valence-electron chi connectivity index (χ4n) is 3.45. The number of nitro groups is 1. The number of rotatable bonds is 4. The van der Waals surface area contributed by atoms with Crippen molar-refractivity contribution in [1.29, 1.82) is 0 Å². The Morgan fingerprint density at radius 2 is 1.93 bits per heavy atom. The average molecular weight is 434 g/mol. The average Bonchev–Trinajstić information content (AvgIpc) is 3.04. The SMILES string of the molecule is O=C(c1sc2cc([N+](=O)[O-])ccc2c1Cl)N1CCN(Cc2cccc(F)c2)CC1. The van der Waals surface area contributed by atoms with Crippen molar-refractivity contribution >= 4 is 44.6 Å². The normalized spacial score (nSPS) is 15.0. The number of non-ortho nitro benzene ring substituents is 1. The van der Waals surface area contributed by atoms with E-state index in [0.717, 1.165) is 5.56 Å². The Hall–Kier alpha value is -2.55. The molecule has 1 aliphatic heterocycles. The van der Waals surface area contributed by atoms with Crippen LogP contribution in [0.5, 0.6) is 0 Å². The summed E-state index contributed by atoms with van der Waals surface area (Å²) in [6, 6.07) is 10.9. The number of benzene rings is 2. The van der Waals surface area contributed by atoms with Gasteiger partial charge in [-0.15, -0.1) is 11.3 Å². The zero-order valence-electron chi connectivity index (χ0n) is 15.3. The summed E-state index contributed by atoms with van der Waals surface area (Å²) in [6.07, 6.45) is 0. The minimum atomic E-state index is -0.466. The van der Waals surface area contributed by atoms with Crippen LogP contribution in [-0.4, -0.2) is 46.8 Å². The molecule has 4 rings (SSSR count). The van der Waals surface area contributed by atoms with Gasteiger partial charge in [-0.25, -0.2) is 4.39 Å². The zero-order valence-corrected chi connectivity index (χ0v) is 16.9. The van der Waals surface area contributed by atoms with Crippen molar-refractivity contribution in [3.05, 3.63) is 73.9 Å². The molecule has 0 atom stereocenters. The van der Waals surface area contributed by atoms with Crippen LogP contribution in [0.4, 0.5) is 10.1 Å². The smallest absolute Gasteiger partial charge is 0.270 e. The lowest BCUT2D eigenvalue weighted by molar-refractivity contribution is -0.384. The van der Waals surface area contributed by atoms with Crippen LogP contribution < -0.4 is 0 Å². The molecule has 1 aromatic heterocycles. The van der Waals surface area contributed by atoms with Gasteiger partial charge in [0.2, 0.25) is 0 Å². The maximum Gasteiger partial charge on any atom is 0.270 e. The Bertz CT molecular complexity index is 1100. The molecular weight excluding hydrogens is 417 g/mol. The number of amides is 1. The van der Waals surface area contributed by atoms with E-state index in [1.54, 1.807) is 17.0 Å². The van der Waals surface area contributed by atoms with Gasteiger partial charge in [-0.05, 0) is 23.8 Å². The van der Waals surface area contributed by atoms with Crippen molar-refractivity contribution in [1.82, 2.24) is 9.80 Å². The van der Waals surface area contributed by atoms with Gasteiger partial charge in [0.1, 0.15) is 10.7 Å². The van der Waals surface area contributed by atoms with Crippen LogP contribution in [0.1, 0.15) is 15.2 Å². The van der Waals surface area contributed by atoms with Crippen LogP contribution in [0.15, 0.2) is 42.5 Å². The summed E-state index contributed by atoms with van der Waals surface area (Å²) < 4.78 is 14.0. The molecule has 1 aliphatic rings. The maximum atomic E-state index is 13.4. The molecule has 0 spiro atoms. The van der Waals surface area contributed by atoms with E-state index in [1.165, 1.54) is 35.6 Å². The molecule has 0 bridgehead atoms. The number of carbonyl (C=O) groups excluding carboxylic acids is 1. The van der Waals surface area contributed by atoms with Crippen molar-refractivity contribution < 1.29 is 14.1 Å². The monoisotopic (exact) mass is 433 g/mol. The summed E-state index contributed by atoms with van der Waals surface area (Å²) in [4.78, 5) is 27.8. The first-order valence-corrected chi connectivity index (χ1v) is 10.2. The van der Waals surface area contributed by atoms with E-state index < -0.39 is 4.92 Å². The van der Waals surface area contributed by atoms with E-state index >= 15 is 0 Å². The van der Waals surface area contributed by atoms with Gasteiger partial charge in [0.15, 0.2) is 0 Å². The maximum absolute atomic E-state index is 13.4. The molecule has 0 radical (unpaired) electrons. The highest BCUT2D eigenvalue weighted by Gasteiger charge is 2.26. The van der Waals surface area contributed by atoms with E-state index in [-0.39, 0.29) is 17.4 Å². The van der Waals surface area contributed by atoms with Gasteiger partial charge < -0.3 is 4.90 Å². The van der Waals surface area contributed by atoms with Gasteiger partial charge in [0.05, 0.1) is 9.95 Å². The molecule has 1 saturated heterocycles. The summed E-state index contributed by atoms with van der Waals surface area (Å²) in [7, 11) is 0. The van der Waals surface area contributed by atoms with Crippen molar-refractivity contribution in [2.75, 3.05) is 26.2 Å². The van der Waals surface area contributed by atoms with Crippen LogP contribution in [-0.2, 0) is 6.54 Å². The van der Waals surface area contributed by atoms with E-state index in [2.05, 4.69) is 4.90 Å². The Labute approximate surface area is 175 Å². The summed E-state index contributed by atoms with van der Waals surface area (Å²) in [5.74, 6) is -0.416. The molecule has 150 valence electrons. The molecule has 6 nitrogen and oxygen atoms in total. The van der Waals surface area contributed by atoms with Gasteiger partial charge in [-0.1, -0.05) is 23.7 Å². The van der Waals surface area contributed by atoms with Gasteiger partial charge >= 0.3 is 0 Å². The number of fused-ring (bicyclic) bond motifs is 1. The lowest BCUT2D eigenvalue weighted by Crippen LogP contribution is -2.48. The predicted molar refractivity (Wildman–Crippen MR) is 111 cm³/mol. The molecular formula is C20H17ClFN3O3S. The minimum Gasteiger partial charge on any atom is -0.335 e. The number of thiophene rings is 1. The second-order valence-electron chi connectivity index (χ2n) is 6.88. The number of hydrogen-bond acceptors (Lipinski definition) is 5. The third-order valence-electron chi connectivity index (χ3n) is 4.97. The number of halogens is 2. The molecule has 0 saturated carbocycles. The van der Waals surface area contributed by atoms with Crippen molar-refractivity contribution in [2.24, 2.45) is 0 Å². The van der Waals surface area contributed by atoms with Crippen LogP contribution in [0.3, 0.4) is 0 Å². The Balaban J connectivity index is 1.45. The van der Waals surface area contributed by atoms with E-state index in [0.29, 0.717) is 52.7 Å². The largest absolute Gasteiger partial charge is 0.335 e. The first-order valence-electron chi connectivity index (χ1n) is 9.05. The van der Waals surface area contributed by atoms with Gasteiger partial charge in [-0.3, -0.25) is 19.8 Å². The molecule has 1 fully saturated rings. The summed E-state index contributed by atoms with van der Waals surface area (Å²) in [5, 5.41) is 12.0. The molecule has 1 amide bonds. The van der Waals surface area contributed by atoms with Crippen molar-refractivity contribution in [3.63, 3.8) is 0 Å². The number of nitro benzene ring substituents is 1. The molecule has 0 aliphatic carbocycles. The lowest BCUT2D eigenvalue weighted by Gasteiger charge is -2.34.